The van der Waals surface area contributed by atoms with Crippen LogP contribution in [-0.2, 0) is 6.54 Å². The highest BCUT2D eigenvalue weighted by atomic mass is 19.3. The van der Waals surface area contributed by atoms with E-state index < -0.39 is 13.2 Å². The zero-order chi connectivity index (χ0) is 20.1. The number of hydrogen-bond acceptors (Lipinski definition) is 6. The van der Waals surface area contributed by atoms with Gasteiger partial charge in [0.2, 0.25) is 0 Å². The normalized spacial score (nSPS) is 10.9. The zero-order valence-electron chi connectivity index (χ0n) is 14.1. The molecule has 144 valence electrons. The van der Waals surface area contributed by atoms with Crippen molar-refractivity contribution in [3.05, 3.63) is 54.0 Å². The molecule has 0 bridgehead atoms. The fourth-order valence-electron chi connectivity index (χ4n) is 2.49. The number of ether oxygens (including phenoxy) is 2. The summed E-state index contributed by atoms with van der Waals surface area (Å²) in [5.74, 6) is -0.159. The number of fused-ring (bicyclic) bond motifs is 1. The number of anilines is 1. The van der Waals surface area contributed by atoms with Crippen LogP contribution in [0.4, 0.5) is 23.2 Å². The maximum absolute atomic E-state index is 12.5. The number of rotatable bonds is 7. The third-order valence-corrected chi connectivity index (χ3v) is 3.65. The molecule has 0 aliphatic heterocycles. The summed E-state index contributed by atoms with van der Waals surface area (Å²) in [6, 6.07) is 8.98. The molecule has 6 nitrogen and oxygen atoms in total. The molecule has 0 saturated heterocycles. The van der Waals surface area contributed by atoms with Gasteiger partial charge in [0.25, 0.3) is 0 Å². The molecule has 0 spiro atoms. The van der Waals surface area contributed by atoms with Crippen LogP contribution in [0.1, 0.15) is 11.3 Å². The van der Waals surface area contributed by atoms with Crippen LogP contribution < -0.4 is 14.8 Å². The fraction of sp³-hybridized carbons (Fsp3) is 0.167. The minimum atomic E-state index is -2.99. The largest absolute Gasteiger partial charge is 0.435 e. The number of benzene rings is 1. The van der Waals surface area contributed by atoms with E-state index in [1.807, 2.05) is 6.07 Å². The van der Waals surface area contributed by atoms with Crippen molar-refractivity contribution < 1.29 is 27.0 Å². The van der Waals surface area contributed by atoms with Crippen LogP contribution in [0.2, 0.25) is 0 Å². The standard InChI is InChI=1S/C18H12F4N4O2/c19-17(20)27-12-3-4-15-14(5-12)16(10(6-23)7-25-15)26-8-11-1-2-13(9-24-11)28-18(21)22/h1-5,7,9,17-18H,8H2,(H,25,26). The van der Waals surface area contributed by atoms with Gasteiger partial charge in [-0.05, 0) is 30.3 Å². The van der Waals surface area contributed by atoms with Crippen molar-refractivity contribution in [2.75, 3.05) is 5.32 Å². The molecule has 2 heterocycles. The Balaban J connectivity index is 1.87. The second-order valence-corrected chi connectivity index (χ2v) is 5.43. The van der Waals surface area contributed by atoms with Crippen molar-refractivity contribution in [1.82, 2.24) is 9.97 Å². The Morgan fingerprint density at radius 2 is 1.68 bits per heavy atom. The maximum Gasteiger partial charge on any atom is 0.387 e. The number of aromatic nitrogens is 2. The lowest BCUT2D eigenvalue weighted by molar-refractivity contribution is -0.0506. The van der Waals surface area contributed by atoms with Crippen molar-refractivity contribution in [3.8, 4) is 17.6 Å². The van der Waals surface area contributed by atoms with Gasteiger partial charge in [-0.3, -0.25) is 9.97 Å². The van der Waals surface area contributed by atoms with Gasteiger partial charge in [-0.15, -0.1) is 0 Å². The number of nitrogens with zero attached hydrogens (tertiary/aromatic N) is 3. The Morgan fingerprint density at radius 1 is 0.964 bits per heavy atom. The monoisotopic (exact) mass is 392 g/mol. The summed E-state index contributed by atoms with van der Waals surface area (Å²) in [6.07, 6.45) is 2.50. The van der Waals surface area contributed by atoms with Crippen molar-refractivity contribution in [2.45, 2.75) is 19.8 Å². The van der Waals surface area contributed by atoms with Crippen LogP contribution in [0.15, 0.2) is 42.7 Å². The second kappa shape index (κ2) is 8.39. The summed E-state index contributed by atoms with van der Waals surface area (Å²) in [4.78, 5) is 8.11. The van der Waals surface area contributed by atoms with Gasteiger partial charge in [0.15, 0.2) is 0 Å². The highest BCUT2D eigenvalue weighted by Crippen LogP contribution is 2.30. The Hall–Kier alpha value is -3.61. The first-order valence-electron chi connectivity index (χ1n) is 7.87. The predicted molar refractivity (Wildman–Crippen MR) is 91.3 cm³/mol. The van der Waals surface area contributed by atoms with E-state index in [1.165, 1.54) is 36.5 Å². The van der Waals surface area contributed by atoms with E-state index in [-0.39, 0.29) is 23.6 Å². The minimum absolute atomic E-state index is 0.0749. The van der Waals surface area contributed by atoms with Gasteiger partial charge in [-0.1, -0.05) is 0 Å². The molecule has 3 aromatic rings. The minimum Gasteiger partial charge on any atom is -0.435 e. The highest BCUT2D eigenvalue weighted by Gasteiger charge is 2.12. The molecule has 0 unspecified atom stereocenters. The molecule has 3 rings (SSSR count). The third-order valence-electron chi connectivity index (χ3n) is 3.65. The Labute approximate surface area is 156 Å². The van der Waals surface area contributed by atoms with Crippen LogP contribution in [0, 0.1) is 11.3 Å². The number of nitriles is 1. The third kappa shape index (κ3) is 4.56. The molecule has 2 aromatic heterocycles. The van der Waals surface area contributed by atoms with Gasteiger partial charge in [0.05, 0.1) is 35.2 Å². The molecule has 0 fully saturated rings. The fourth-order valence-corrected chi connectivity index (χ4v) is 2.49. The molecule has 0 aliphatic carbocycles. The number of alkyl halides is 4. The molecule has 10 heteroatoms. The Bertz CT molecular complexity index is 1010. The first-order valence-corrected chi connectivity index (χ1v) is 7.87. The lowest BCUT2D eigenvalue weighted by atomic mass is 10.1. The van der Waals surface area contributed by atoms with E-state index in [2.05, 4.69) is 24.8 Å². The number of halogens is 4. The molecule has 0 saturated carbocycles. The van der Waals surface area contributed by atoms with Gasteiger partial charge >= 0.3 is 13.2 Å². The average Bonchev–Trinajstić information content (AvgIpc) is 2.66. The summed E-state index contributed by atoms with van der Waals surface area (Å²) in [6.45, 7) is -5.79. The Morgan fingerprint density at radius 3 is 2.32 bits per heavy atom. The summed E-state index contributed by atoms with van der Waals surface area (Å²) in [5, 5.41) is 12.7. The van der Waals surface area contributed by atoms with Gasteiger partial charge in [-0.25, -0.2) is 0 Å². The van der Waals surface area contributed by atoms with Crippen molar-refractivity contribution in [1.29, 1.82) is 5.26 Å². The number of nitrogens with one attached hydrogen (secondary N) is 1. The van der Waals surface area contributed by atoms with Crippen LogP contribution in [0.5, 0.6) is 11.5 Å². The molecular weight excluding hydrogens is 380 g/mol. The van der Waals surface area contributed by atoms with Crippen LogP contribution in [0.3, 0.4) is 0 Å². The van der Waals surface area contributed by atoms with E-state index in [0.29, 0.717) is 22.3 Å². The maximum atomic E-state index is 12.5. The van der Waals surface area contributed by atoms with Crippen LogP contribution in [0.25, 0.3) is 10.9 Å². The molecule has 0 radical (unpaired) electrons. The smallest absolute Gasteiger partial charge is 0.387 e. The molecule has 0 atom stereocenters. The molecule has 28 heavy (non-hydrogen) atoms. The molecule has 0 aliphatic rings. The average molecular weight is 392 g/mol. The number of hydrogen-bond donors (Lipinski definition) is 1. The predicted octanol–water partition coefficient (Wildman–Crippen LogP) is 4.32. The van der Waals surface area contributed by atoms with E-state index in [0.717, 1.165) is 6.20 Å². The number of pyridine rings is 2. The first-order chi connectivity index (χ1) is 13.5. The SMILES string of the molecule is N#Cc1cnc2ccc(OC(F)F)cc2c1NCc1ccc(OC(F)F)cn1. The van der Waals surface area contributed by atoms with E-state index in [1.54, 1.807) is 0 Å². The van der Waals surface area contributed by atoms with Gasteiger partial charge in [-0.2, -0.15) is 22.8 Å². The van der Waals surface area contributed by atoms with Gasteiger partial charge in [0, 0.05) is 11.6 Å². The van der Waals surface area contributed by atoms with E-state index in [9.17, 15) is 22.8 Å². The topological polar surface area (TPSA) is 80.1 Å². The van der Waals surface area contributed by atoms with Gasteiger partial charge in [0.1, 0.15) is 17.6 Å². The van der Waals surface area contributed by atoms with Crippen molar-refractivity contribution >= 4 is 16.6 Å². The van der Waals surface area contributed by atoms with E-state index in [4.69, 9.17) is 0 Å². The summed E-state index contributed by atoms with van der Waals surface area (Å²) < 4.78 is 57.9. The molecular formula is C18H12F4N4O2. The van der Waals surface area contributed by atoms with Crippen molar-refractivity contribution in [3.63, 3.8) is 0 Å². The highest BCUT2D eigenvalue weighted by molar-refractivity contribution is 5.94. The second-order valence-electron chi connectivity index (χ2n) is 5.43. The zero-order valence-corrected chi connectivity index (χ0v) is 14.1. The van der Waals surface area contributed by atoms with Crippen LogP contribution in [-0.4, -0.2) is 23.2 Å². The van der Waals surface area contributed by atoms with E-state index >= 15 is 0 Å². The summed E-state index contributed by atoms with van der Waals surface area (Å²) in [7, 11) is 0. The molecule has 1 aromatic carbocycles. The summed E-state index contributed by atoms with van der Waals surface area (Å²) >= 11 is 0. The molecule has 0 amide bonds. The van der Waals surface area contributed by atoms with Crippen molar-refractivity contribution in [2.24, 2.45) is 0 Å². The molecule has 1 N–H and O–H groups in total. The lowest BCUT2D eigenvalue weighted by Gasteiger charge is -2.13. The Kier molecular flexibility index (Phi) is 5.74. The van der Waals surface area contributed by atoms with Crippen LogP contribution >= 0.6 is 0 Å². The first kappa shape index (κ1) is 19.2. The quantitative estimate of drug-likeness (QED) is 0.604. The lowest BCUT2D eigenvalue weighted by Crippen LogP contribution is -2.06. The summed E-state index contributed by atoms with van der Waals surface area (Å²) in [5.41, 5.74) is 1.51. The van der Waals surface area contributed by atoms with Gasteiger partial charge < -0.3 is 14.8 Å².